The molecule has 4 fully saturated rings. The minimum atomic E-state index is -4.56. The van der Waals surface area contributed by atoms with Crippen LogP contribution in [0.1, 0.15) is 70.6 Å². The molecule has 0 aromatic rings. The van der Waals surface area contributed by atoms with Gasteiger partial charge in [0, 0.05) is 18.5 Å². The lowest BCUT2D eigenvalue weighted by Crippen LogP contribution is -2.58. The van der Waals surface area contributed by atoms with E-state index in [0.29, 0.717) is 12.8 Å². The van der Waals surface area contributed by atoms with Crippen molar-refractivity contribution in [2.24, 2.45) is 29.6 Å². The summed E-state index contributed by atoms with van der Waals surface area (Å²) in [5.41, 5.74) is 0. The van der Waals surface area contributed by atoms with Gasteiger partial charge in [-0.15, -0.1) is 0 Å². The quantitative estimate of drug-likeness (QED) is 0.398. The first kappa shape index (κ1) is 30.8. The Bertz CT molecular complexity index is 975. The number of carboxylic acid groups (broad SMARTS) is 1. The van der Waals surface area contributed by atoms with Crippen LogP contribution in [0.3, 0.4) is 0 Å². The number of ether oxygens (including phenoxy) is 1. The van der Waals surface area contributed by atoms with Gasteiger partial charge in [0.2, 0.25) is 10.0 Å². The minimum absolute atomic E-state index is 0.0128. The van der Waals surface area contributed by atoms with Crippen LogP contribution in [-0.2, 0) is 19.6 Å². The van der Waals surface area contributed by atoms with E-state index in [0.717, 1.165) is 4.31 Å². The molecule has 1 aliphatic heterocycles. The van der Waals surface area contributed by atoms with Crippen molar-refractivity contribution in [3.63, 3.8) is 0 Å². The molecule has 6 nitrogen and oxygen atoms in total. The molecule has 9 atom stereocenters. The lowest BCUT2D eigenvalue weighted by Gasteiger charge is -2.48. The fraction of sp³-hybridized carbons (Fsp3) is 0.960. The molecule has 1 N–H and O–H groups in total. The van der Waals surface area contributed by atoms with Gasteiger partial charge in [0.25, 0.3) is 0 Å². The van der Waals surface area contributed by atoms with Gasteiger partial charge in [-0.3, -0.25) is 4.79 Å². The van der Waals surface area contributed by atoms with E-state index in [9.17, 15) is 49.1 Å². The number of nitrogens with zero attached hydrogens (tertiary/aromatic N) is 1. The normalized spacial score (nSPS) is 39.2. The standard InChI is InChI=1S/C25H36F7NO5S/c26-21-6-2-5-20(25(30,31)32)19(21)13-38-17-8-7-14-9-15(23(34)35)12-33(22(14)11-17)39(36,37)18-4-1-3-16(10-18)24(27,28)29/h14-22H,1-13H2,(H,34,35). The summed E-state index contributed by atoms with van der Waals surface area (Å²) in [7, 11) is -4.31. The number of aliphatic carboxylic acids is 1. The Labute approximate surface area is 223 Å². The predicted molar refractivity (Wildman–Crippen MR) is 126 cm³/mol. The SMILES string of the molecule is O=C(O)C1CC2CCC(OCC3C(F)CCCC3C(F)(F)F)CC2N(S(=O)(=O)C2CCCC(C(F)(F)F)C2)C1. The van der Waals surface area contributed by atoms with Crippen LogP contribution in [0.2, 0.25) is 0 Å². The number of rotatable bonds is 6. The molecule has 4 rings (SSSR count). The van der Waals surface area contributed by atoms with Crippen LogP contribution >= 0.6 is 0 Å². The maximum atomic E-state index is 14.5. The smallest absolute Gasteiger partial charge is 0.392 e. The van der Waals surface area contributed by atoms with E-state index in [4.69, 9.17) is 4.74 Å². The van der Waals surface area contributed by atoms with E-state index in [1.54, 1.807) is 0 Å². The predicted octanol–water partition coefficient (Wildman–Crippen LogP) is 5.71. The van der Waals surface area contributed by atoms with Crippen molar-refractivity contribution < 1.29 is 53.8 Å². The molecule has 0 bridgehead atoms. The van der Waals surface area contributed by atoms with Crippen molar-refractivity contribution in [1.29, 1.82) is 0 Å². The molecule has 39 heavy (non-hydrogen) atoms. The monoisotopic (exact) mass is 595 g/mol. The average molecular weight is 596 g/mol. The first-order valence-corrected chi connectivity index (χ1v) is 15.2. The van der Waals surface area contributed by atoms with E-state index < -0.39 is 88.6 Å². The Balaban J connectivity index is 1.50. The molecular weight excluding hydrogens is 559 g/mol. The second kappa shape index (κ2) is 11.6. The Morgan fingerprint density at radius 1 is 0.897 bits per heavy atom. The number of carbonyl (C=O) groups is 1. The highest BCUT2D eigenvalue weighted by Crippen LogP contribution is 2.46. The Morgan fingerprint density at radius 3 is 2.23 bits per heavy atom. The first-order valence-electron chi connectivity index (χ1n) is 13.7. The van der Waals surface area contributed by atoms with Crippen molar-refractivity contribution in [1.82, 2.24) is 4.31 Å². The van der Waals surface area contributed by atoms with Crippen molar-refractivity contribution in [3.05, 3.63) is 0 Å². The number of piperidine rings is 1. The zero-order valence-corrected chi connectivity index (χ0v) is 22.3. The van der Waals surface area contributed by atoms with Gasteiger partial charge in [-0.05, 0) is 70.1 Å². The first-order chi connectivity index (χ1) is 18.1. The van der Waals surface area contributed by atoms with Crippen LogP contribution in [0.5, 0.6) is 0 Å². The van der Waals surface area contributed by atoms with E-state index in [1.807, 2.05) is 0 Å². The number of carboxylic acids is 1. The summed E-state index contributed by atoms with van der Waals surface area (Å²) in [5, 5.41) is 8.35. The zero-order valence-electron chi connectivity index (χ0n) is 21.5. The summed E-state index contributed by atoms with van der Waals surface area (Å²) in [6.45, 7) is -0.835. The zero-order chi connectivity index (χ0) is 28.8. The average Bonchev–Trinajstić information content (AvgIpc) is 2.86. The van der Waals surface area contributed by atoms with E-state index in [-0.39, 0.29) is 63.8 Å². The van der Waals surface area contributed by atoms with Gasteiger partial charge in [0.05, 0.1) is 35.7 Å². The second-order valence-corrected chi connectivity index (χ2v) is 13.9. The highest BCUT2D eigenvalue weighted by Gasteiger charge is 2.52. The van der Waals surface area contributed by atoms with Crippen molar-refractivity contribution in [2.75, 3.05) is 13.2 Å². The van der Waals surface area contributed by atoms with E-state index in [1.165, 1.54) is 0 Å². The van der Waals surface area contributed by atoms with Crippen molar-refractivity contribution in [3.8, 4) is 0 Å². The summed E-state index contributed by atoms with van der Waals surface area (Å²) in [4.78, 5) is 11.8. The molecule has 0 aromatic heterocycles. The lowest BCUT2D eigenvalue weighted by atomic mass is 9.75. The molecule has 226 valence electrons. The van der Waals surface area contributed by atoms with Crippen molar-refractivity contribution in [2.45, 2.75) is 107 Å². The highest BCUT2D eigenvalue weighted by molar-refractivity contribution is 7.89. The van der Waals surface area contributed by atoms with E-state index in [2.05, 4.69) is 0 Å². The fourth-order valence-electron chi connectivity index (χ4n) is 7.21. The molecule has 0 radical (unpaired) electrons. The summed E-state index contributed by atoms with van der Waals surface area (Å²) < 4.78 is 129. The van der Waals surface area contributed by atoms with Gasteiger partial charge in [-0.25, -0.2) is 12.8 Å². The van der Waals surface area contributed by atoms with Gasteiger partial charge in [0.15, 0.2) is 0 Å². The molecule has 1 heterocycles. The van der Waals surface area contributed by atoms with Gasteiger partial charge in [-0.2, -0.15) is 30.6 Å². The molecule has 4 aliphatic rings. The second-order valence-electron chi connectivity index (χ2n) is 11.8. The molecule has 3 saturated carbocycles. The van der Waals surface area contributed by atoms with Crippen molar-refractivity contribution >= 4 is 16.0 Å². The maximum Gasteiger partial charge on any atom is 0.392 e. The summed E-state index contributed by atoms with van der Waals surface area (Å²) >= 11 is 0. The van der Waals surface area contributed by atoms with Crippen LogP contribution in [0.4, 0.5) is 30.7 Å². The molecule has 14 heteroatoms. The summed E-state index contributed by atoms with van der Waals surface area (Å²) in [6, 6.07) is -0.735. The molecule has 1 saturated heterocycles. The minimum Gasteiger partial charge on any atom is -0.481 e. The summed E-state index contributed by atoms with van der Waals surface area (Å²) in [6.07, 6.45) is -11.1. The summed E-state index contributed by atoms with van der Waals surface area (Å²) in [5.74, 6) is -7.51. The number of halogens is 7. The van der Waals surface area contributed by atoms with Gasteiger partial charge < -0.3 is 9.84 Å². The molecule has 0 spiro atoms. The third-order valence-electron chi connectivity index (χ3n) is 9.37. The Kier molecular flexibility index (Phi) is 9.17. The van der Waals surface area contributed by atoms with Crippen LogP contribution in [0.15, 0.2) is 0 Å². The van der Waals surface area contributed by atoms with Gasteiger partial charge in [0.1, 0.15) is 6.17 Å². The van der Waals surface area contributed by atoms with Crippen LogP contribution in [-0.4, -0.2) is 72.9 Å². The Hall–Kier alpha value is -1.15. The van der Waals surface area contributed by atoms with E-state index >= 15 is 0 Å². The molecule has 0 amide bonds. The lowest BCUT2D eigenvalue weighted by molar-refractivity contribution is -0.212. The van der Waals surface area contributed by atoms with Crippen LogP contribution in [0.25, 0.3) is 0 Å². The van der Waals surface area contributed by atoms with Gasteiger partial charge in [-0.1, -0.05) is 6.42 Å². The number of alkyl halides is 7. The molecule has 9 unspecified atom stereocenters. The van der Waals surface area contributed by atoms with Crippen LogP contribution < -0.4 is 0 Å². The number of sulfonamides is 1. The van der Waals surface area contributed by atoms with Gasteiger partial charge >= 0.3 is 18.3 Å². The largest absolute Gasteiger partial charge is 0.481 e. The van der Waals surface area contributed by atoms with Crippen LogP contribution in [0, 0.1) is 29.6 Å². The molecule has 0 aromatic carbocycles. The number of hydrogen-bond acceptors (Lipinski definition) is 4. The molecule has 3 aliphatic carbocycles. The highest BCUT2D eigenvalue weighted by atomic mass is 32.2. The molecular formula is C25H36F7NO5S. The fourth-order valence-corrected chi connectivity index (χ4v) is 9.55. The number of fused-ring (bicyclic) bond motifs is 1. The maximum absolute atomic E-state index is 14.5. The third kappa shape index (κ3) is 6.85. The third-order valence-corrected chi connectivity index (χ3v) is 11.7. The number of hydrogen-bond donors (Lipinski definition) is 1. The topological polar surface area (TPSA) is 83.9 Å². The Morgan fingerprint density at radius 2 is 1.59 bits per heavy atom.